The Labute approximate surface area is 140 Å². The molecule has 3 aromatic rings. The molecule has 1 aromatic carbocycles. The number of aromatic nitrogens is 2. The van der Waals surface area contributed by atoms with Gasteiger partial charge in [0.2, 0.25) is 0 Å². The van der Waals surface area contributed by atoms with Gasteiger partial charge in [0.15, 0.2) is 0 Å². The van der Waals surface area contributed by atoms with E-state index in [1.807, 2.05) is 37.4 Å². The molecule has 1 aliphatic heterocycles. The largest absolute Gasteiger partial charge is 0.466 e. The van der Waals surface area contributed by atoms with Gasteiger partial charge in [-0.05, 0) is 38.5 Å². The molecular weight excluding hydrogens is 302 g/mol. The van der Waals surface area contributed by atoms with Crippen LogP contribution in [0.4, 0.5) is 5.69 Å². The smallest absolute Gasteiger partial charge is 0.259 e. The number of aryl methyl sites for hydroxylation is 3. The van der Waals surface area contributed by atoms with E-state index in [1.165, 1.54) is 0 Å². The van der Waals surface area contributed by atoms with Crippen LogP contribution in [-0.4, -0.2) is 15.5 Å². The summed E-state index contributed by atoms with van der Waals surface area (Å²) in [7, 11) is 0. The van der Waals surface area contributed by atoms with E-state index in [9.17, 15) is 4.79 Å². The number of nitrogens with one attached hydrogen (secondary N) is 1. The van der Waals surface area contributed by atoms with Crippen molar-refractivity contribution in [3.8, 4) is 11.3 Å². The number of nitrogens with zero attached hydrogens (tertiary/aromatic N) is 2. The van der Waals surface area contributed by atoms with Gasteiger partial charge in [0.1, 0.15) is 17.3 Å². The Morgan fingerprint density at radius 2 is 2.17 bits per heavy atom. The Morgan fingerprint density at radius 1 is 1.29 bits per heavy atom. The zero-order chi connectivity index (χ0) is 16.7. The van der Waals surface area contributed by atoms with Gasteiger partial charge in [-0.3, -0.25) is 4.79 Å². The van der Waals surface area contributed by atoms with Crippen LogP contribution in [0, 0.1) is 13.8 Å². The van der Waals surface area contributed by atoms with Crippen molar-refractivity contribution in [1.29, 1.82) is 0 Å². The van der Waals surface area contributed by atoms with Gasteiger partial charge in [-0.25, -0.2) is 4.98 Å². The Kier molecular flexibility index (Phi) is 3.49. The van der Waals surface area contributed by atoms with Crippen LogP contribution in [0.1, 0.15) is 34.1 Å². The van der Waals surface area contributed by atoms with E-state index in [-0.39, 0.29) is 5.91 Å². The predicted molar refractivity (Wildman–Crippen MR) is 92.1 cm³/mol. The minimum absolute atomic E-state index is 0.153. The van der Waals surface area contributed by atoms with Gasteiger partial charge in [0.25, 0.3) is 5.91 Å². The third-order valence-electron chi connectivity index (χ3n) is 4.42. The molecule has 24 heavy (non-hydrogen) atoms. The molecule has 0 saturated heterocycles. The van der Waals surface area contributed by atoms with Gasteiger partial charge < -0.3 is 14.3 Å². The van der Waals surface area contributed by atoms with E-state index < -0.39 is 0 Å². The number of rotatable bonds is 3. The zero-order valence-corrected chi connectivity index (χ0v) is 13.8. The quantitative estimate of drug-likeness (QED) is 0.794. The van der Waals surface area contributed by atoms with E-state index in [1.54, 1.807) is 13.0 Å². The molecule has 0 aliphatic carbocycles. The maximum absolute atomic E-state index is 12.4. The second kappa shape index (κ2) is 5.67. The van der Waals surface area contributed by atoms with Crippen LogP contribution >= 0.6 is 0 Å². The fourth-order valence-electron chi connectivity index (χ4n) is 3.30. The highest BCUT2D eigenvalue weighted by Gasteiger charge is 2.17. The summed E-state index contributed by atoms with van der Waals surface area (Å²) in [6.45, 7) is 4.65. The van der Waals surface area contributed by atoms with Gasteiger partial charge in [0, 0.05) is 24.2 Å². The van der Waals surface area contributed by atoms with Crippen molar-refractivity contribution in [2.45, 2.75) is 33.2 Å². The Hall–Kier alpha value is -2.82. The van der Waals surface area contributed by atoms with Crippen molar-refractivity contribution < 1.29 is 9.21 Å². The first-order valence-electron chi connectivity index (χ1n) is 8.15. The van der Waals surface area contributed by atoms with Crippen LogP contribution in [0.3, 0.4) is 0 Å². The molecule has 1 amide bonds. The molecule has 5 nitrogen and oxygen atoms in total. The van der Waals surface area contributed by atoms with Crippen molar-refractivity contribution in [3.63, 3.8) is 0 Å². The molecule has 5 heteroatoms. The fraction of sp³-hybridized carbons (Fsp3) is 0.263. The number of benzene rings is 1. The lowest BCUT2D eigenvalue weighted by Crippen LogP contribution is -2.12. The highest BCUT2D eigenvalue weighted by molar-refractivity contribution is 6.05. The third kappa shape index (κ3) is 2.52. The summed E-state index contributed by atoms with van der Waals surface area (Å²) in [5, 5.41) is 2.95. The summed E-state index contributed by atoms with van der Waals surface area (Å²) in [4.78, 5) is 16.9. The number of carbonyl (C=O) groups is 1. The molecule has 0 saturated carbocycles. The third-order valence-corrected chi connectivity index (χ3v) is 4.42. The number of carbonyl (C=O) groups excluding carboxylic acids is 1. The van der Waals surface area contributed by atoms with Crippen LogP contribution < -0.4 is 5.32 Å². The fourth-order valence-corrected chi connectivity index (χ4v) is 3.30. The molecule has 4 rings (SSSR count). The van der Waals surface area contributed by atoms with E-state index in [4.69, 9.17) is 4.42 Å². The average molecular weight is 321 g/mol. The lowest BCUT2D eigenvalue weighted by molar-refractivity contribution is 0.102. The van der Waals surface area contributed by atoms with Gasteiger partial charge in [0.05, 0.1) is 17.5 Å². The van der Waals surface area contributed by atoms with Crippen LogP contribution in [0.15, 0.2) is 40.9 Å². The lowest BCUT2D eigenvalue weighted by Gasteiger charge is -2.08. The molecular formula is C19H19N3O2. The first-order chi connectivity index (χ1) is 11.6. The second-order valence-corrected chi connectivity index (χ2v) is 6.18. The van der Waals surface area contributed by atoms with Crippen LogP contribution in [-0.2, 0) is 13.0 Å². The molecule has 1 N–H and O–H groups in total. The number of hydrogen-bond donors (Lipinski definition) is 1. The number of hydrogen-bond acceptors (Lipinski definition) is 3. The van der Waals surface area contributed by atoms with Crippen molar-refractivity contribution in [2.24, 2.45) is 0 Å². The SMILES string of the molecule is Cc1cc(C(=O)Nc2cccc(-c3cnc4n3CCC4)c2)c(C)o1. The van der Waals surface area contributed by atoms with E-state index in [0.29, 0.717) is 11.3 Å². The summed E-state index contributed by atoms with van der Waals surface area (Å²) >= 11 is 0. The molecule has 0 bridgehead atoms. The molecule has 122 valence electrons. The van der Waals surface area contributed by atoms with E-state index in [2.05, 4.69) is 14.9 Å². The van der Waals surface area contributed by atoms with Gasteiger partial charge in [-0.2, -0.15) is 0 Å². The first-order valence-corrected chi connectivity index (χ1v) is 8.15. The number of anilines is 1. The summed E-state index contributed by atoms with van der Waals surface area (Å²) < 4.78 is 7.69. The Bertz CT molecular complexity index is 921. The summed E-state index contributed by atoms with van der Waals surface area (Å²) in [5.41, 5.74) is 3.51. The molecule has 0 unspecified atom stereocenters. The van der Waals surface area contributed by atoms with Crippen molar-refractivity contribution >= 4 is 11.6 Å². The maximum atomic E-state index is 12.4. The average Bonchev–Trinajstić information content (AvgIpc) is 3.22. The zero-order valence-electron chi connectivity index (χ0n) is 13.8. The number of imidazole rings is 1. The van der Waals surface area contributed by atoms with Gasteiger partial charge in [-0.15, -0.1) is 0 Å². The van der Waals surface area contributed by atoms with Gasteiger partial charge in [-0.1, -0.05) is 12.1 Å². The normalized spacial score (nSPS) is 13.1. The minimum Gasteiger partial charge on any atom is -0.466 e. The van der Waals surface area contributed by atoms with Crippen molar-refractivity contribution in [1.82, 2.24) is 9.55 Å². The maximum Gasteiger partial charge on any atom is 0.259 e. The monoisotopic (exact) mass is 321 g/mol. The Balaban J connectivity index is 1.61. The van der Waals surface area contributed by atoms with Crippen LogP contribution in [0.25, 0.3) is 11.3 Å². The first kappa shape index (κ1) is 14.8. The summed E-state index contributed by atoms with van der Waals surface area (Å²) in [6, 6.07) is 9.64. The second-order valence-electron chi connectivity index (χ2n) is 6.18. The number of amides is 1. The van der Waals surface area contributed by atoms with E-state index >= 15 is 0 Å². The molecule has 3 heterocycles. The predicted octanol–water partition coefficient (Wildman–Crippen LogP) is 3.96. The molecule has 0 radical (unpaired) electrons. The van der Waals surface area contributed by atoms with Crippen molar-refractivity contribution in [2.75, 3.05) is 5.32 Å². The van der Waals surface area contributed by atoms with Crippen LogP contribution in [0.5, 0.6) is 0 Å². The van der Waals surface area contributed by atoms with Gasteiger partial charge >= 0.3 is 0 Å². The summed E-state index contributed by atoms with van der Waals surface area (Å²) in [6.07, 6.45) is 4.10. The van der Waals surface area contributed by atoms with E-state index in [0.717, 1.165) is 47.9 Å². The van der Waals surface area contributed by atoms with Crippen LogP contribution in [0.2, 0.25) is 0 Å². The minimum atomic E-state index is -0.153. The van der Waals surface area contributed by atoms with Crippen molar-refractivity contribution in [3.05, 3.63) is 59.4 Å². The number of fused-ring (bicyclic) bond motifs is 1. The summed E-state index contributed by atoms with van der Waals surface area (Å²) in [5.74, 6) is 2.36. The Morgan fingerprint density at radius 3 is 2.96 bits per heavy atom. The molecule has 1 aliphatic rings. The number of furan rings is 1. The lowest BCUT2D eigenvalue weighted by atomic mass is 10.1. The highest BCUT2D eigenvalue weighted by Crippen LogP contribution is 2.27. The molecule has 0 spiro atoms. The molecule has 2 aromatic heterocycles. The highest BCUT2D eigenvalue weighted by atomic mass is 16.3. The topological polar surface area (TPSA) is 60.1 Å². The molecule has 0 fully saturated rings. The standard InChI is InChI=1S/C19H19N3O2/c1-12-9-16(13(2)24-12)19(23)21-15-6-3-5-14(10-15)17-11-20-18-7-4-8-22(17)18/h3,5-6,9-11H,4,7-8H2,1-2H3,(H,21,23). The molecule has 0 atom stereocenters.